The molecule has 0 radical (unpaired) electrons. The fraction of sp³-hybridized carbons (Fsp3) is 0.500. The van der Waals surface area contributed by atoms with Crippen molar-refractivity contribution in [2.45, 2.75) is 39.5 Å². The fourth-order valence-electron chi connectivity index (χ4n) is 2.04. The molecule has 1 aromatic rings. The van der Waals surface area contributed by atoms with Gasteiger partial charge in [0.05, 0.1) is 6.42 Å². The highest BCUT2D eigenvalue weighted by Gasteiger charge is 2.12. The van der Waals surface area contributed by atoms with Crippen molar-refractivity contribution in [2.75, 3.05) is 13.1 Å². The van der Waals surface area contributed by atoms with E-state index in [-0.39, 0.29) is 12.3 Å². The largest absolute Gasteiger partial charge is 0.481 e. The van der Waals surface area contributed by atoms with E-state index in [9.17, 15) is 9.59 Å². The molecule has 0 saturated heterocycles. The molecule has 0 aliphatic rings. The van der Waals surface area contributed by atoms with E-state index in [0.29, 0.717) is 25.9 Å². The number of hydrogen-bond acceptors (Lipinski definition) is 2. The van der Waals surface area contributed by atoms with Crippen molar-refractivity contribution in [3.8, 4) is 0 Å². The Kier molecular flexibility index (Phi) is 6.77. The van der Waals surface area contributed by atoms with Gasteiger partial charge in [-0.2, -0.15) is 0 Å². The molecule has 0 spiro atoms. The Morgan fingerprint density at radius 2 is 1.65 bits per heavy atom. The molecule has 0 saturated carbocycles. The third-order valence-electron chi connectivity index (χ3n) is 3.39. The zero-order valence-corrected chi connectivity index (χ0v) is 12.3. The van der Waals surface area contributed by atoms with Crippen molar-refractivity contribution in [2.24, 2.45) is 0 Å². The SMILES string of the molecule is CCc1ccc(CCC(=O)N(CC)CCC(=O)O)cc1. The monoisotopic (exact) mass is 277 g/mol. The number of carboxylic acids is 1. The summed E-state index contributed by atoms with van der Waals surface area (Å²) in [6.45, 7) is 4.83. The zero-order valence-electron chi connectivity index (χ0n) is 12.3. The molecule has 1 aromatic carbocycles. The fourth-order valence-corrected chi connectivity index (χ4v) is 2.04. The van der Waals surface area contributed by atoms with Gasteiger partial charge in [0.1, 0.15) is 0 Å². The quantitative estimate of drug-likeness (QED) is 0.794. The van der Waals surface area contributed by atoms with Crippen LogP contribution in [0.25, 0.3) is 0 Å². The van der Waals surface area contributed by atoms with E-state index in [0.717, 1.165) is 12.0 Å². The van der Waals surface area contributed by atoms with Gasteiger partial charge in [0, 0.05) is 19.5 Å². The molecule has 1 rings (SSSR count). The van der Waals surface area contributed by atoms with Crippen LogP contribution in [-0.4, -0.2) is 35.0 Å². The standard InChI is InChI=1S/C16H23NO3/c1-3-13-5-7-14(8-6-13)9-10-15(18)17(4-2)12-11-16(19)20/h5-8H,3-4,9-12H2,1-2H3,(H,19,20). The molecule has 0 aromatic heterocycles. The highest BCUT2D eigenvalue weighted by atomic mass is 16.4. The van der Waals surface area contributed by atoms with Crippen LogP contribution >= 0.6 is 0 Å². The van der Waals surface area contributed by atoms with Crippen LogP contribution in [0.4, 0.5) is 0 Å². The molecule has 4 nitrogen and oxygen atoms in total. The van der Waals surface area contributed by atoms with Crippen LogP contribution in [0.2, 0.25) is 0 Å². The van der Waals surface area contributed by atoms with Gasteiger partial charge in [-0.3, -0.25) is 9.59 Å². The third-order valence-corrected chi connectivity index (χ3v) is 3.39. The Labute approximate surface area is 120 Å². The molecule has 0 aliphatic carbocycles. The topological polar surface area (TPSA) is 57.6 Å². The van der Waals surface area contributed by atoms with E-state index >= 15 is 0 Å². The molecule has 1 N–H and O–H groups in total. The van der Waals surface area contributed by atoms with Crippen LogP contribution < -0.4 is 0 Å². The van der Waals surface area contributed by atoms with E-state index in [4.69, 9.17) is 5.11 Å². The molecular weight excluding hydrogens is 254 g/mol. The van der Waals surface area contributed by atoms with Crippen molar-refractivity contribution in [1.82, 2.24) is 4.90 Å². The van der Waals surface area contributed by atoms with Crippen LogP contribution in [0.3, 0.4) is 0 Å². The Balaban J connectivity index is 2.45. The molecular formula is C16H23NO3. The maximum atomic E-state index is 12.0. The second-order valence-electron chi connectivity index (χ2n) is 4.79. The van der Waals surface area contributed by atoms with Gasteiger partial charge in [0.2, 0.25) is 5.91 Å². The number of amides is 1. The van der Waals surface area contributed by atoms with E-state index in [1.54, 1.807) is 4.90 Å². The molecule has 110 valence electrons. The summed E-state index contributed by atoms with van der Waals surface area (Å²) in [6.07, 6.45) is 2.15. The van der Waals surface area contributed by atoms with Gasteiger partial charge in [-0.15, -0.1) is 0 Å². The van der Waals surface area contributed by atoms with E-state index in [1.807, 2.05) is 6.92 Å². The third kappa shape index (κ3) is 5.43. The van der Waals surface area contributed by atoms with Crippen LogP contribution in [0.15, 0.2) is 24.3 Å². The Morgan fingerprint density at radius 1 is 1.05 bits per heavy atom. The lowest BCUT2D eigenvalue weighted by Crippen LogP contribution is -2.32. The van der Waals surface area contributed by atoms with Crippen molar-refractivity contribution in [3.05, 3.63) is 35.4 Å². The van der Waals surface area contributed by atoms with Crippen LogP contribution in [0.1, 0.15) is 37.8 Å². The maximum absolute atomic E-state index is 12.0. The second kappa shape index (κ2) is 8.35. The number of hydrogen-bond donors (Lipinski definition) is 1. The van der Waals surface area contributed by atoms with Gasteiger partial charge in [-0.1, -0.05) is 31.2 Å². The van der Waals surface area contributed by atoms with Gasteiger partial charge < -0.3 is 10.0 Å². The first kappa shape index (κ1) is 16.2. The number of benzene rings is 1. The summed E-state index contributed by atoms with van der Waals surface area (Å²) in [5.41, 5.74) is 2.43. The van der Waals surface area contributed by atoms with Crippen molar-refractivity contribution < 1.29 is 14.7 Å². The average molecular weight is 277 g/mol. The Morgan fingerprint density at radius 3 is 2.15 bits per heavy atom. The van der Waals surface area contributed by atoms with Crippen LogP contribution in [0.5, 0.6) is 0 Å². The van der Waals surface area contributed by atoms with E-state index in [1.165, 1.54) is 5.56 Å². The average Bonchev–Trinajstić information content (AvgIpc) is 2.46. The predicted molar refractivity (Wildman–Crippen MR) is 78.6 cm³/mol. The number of carbonyl (C=O) groups excluding carboxylic acids is 1. The zero-order chi connectivity index (χ0) is 15.0. The molecule has 0 aliphatic heterocycles. The van der Waals surface area contributed by atoms with Gasteiger partial charge >= 0.3 is 5.97 Å². The van der Waals surface area contributed by atoms with Crippen molar-refractivity contribution in [1.29, 1.82) is 0 Å². The first-order chi connectivity index (χ1) is 9.56. The molecule has 0 unspecified atom stereocenters. The molecule has 0 atom stereocenters. The summed E-state index contributed by atoms with van der Waals surface area (Å²) >= 11 is 0. The Hall–Kier alpha value is -1.84. The van der Waals surface area contributed by atoms with Crippen molar-refractivity contribution in [3.63, 3.8) is 0 Å². The summed E-state index contributed by atoms with van der Waals surface area (Å²) < 4.78 is 0. The number of aliphatic carboxylic acids is 1. The van der Waals surface area contributed by atoms with Crippen LogP contribution in [-0.2, 0) is 22.4 Å². The summed E-state index contributed by atoms with van der Waals surface area (Å²) in [7, 11) is 0. The summed E-state index contributed by atoms with van der Waals surface area (Å²) in [4.78, 5) is 24.2. The smallest absolute Gasteiger partial charge is 0.305 e. The number of carbonyl (C=O) groups is 2. The first-order valence-corrected chi connectivity index (χ1v) is 7.14. The number of carboxylic acid groups (broad SMARTS) is 1. The second-order valence-corrected chi connectivity index (χ2v) is 4.79. The number of nitrogens with zero attached hydrogens (tertiary/aromatic N) is 1. The molecule has 0 bridgehead atoms. The van der Waals surface area contributed by atoms with E-state index in [2.05, 4.69) is 31.2 Å². The minimum Gasteiger partial charge on any atom is -0.481 e. The maximum Gasteiger partial charge on any atom is 0.305 e. The molecule has 0 heterocycles. The molecule has 4 heteroatoms. The number of rotatable bonds is 8. The van der Waals surface area contributed by atoms with Crippen LogP contribution in [0, 0.1) is 0 Å². The summed E-state index contributed by atoms with van der Waals surface area (Å²) in [6, 6.07) is 8.28. The van der Waals surface area contributed by atoms with Gasteiger partial charge in [-0.05, 0) is 30.9 Å². The predicted octanol–water partition coefficient (Wildman–Crippen LogP) is 2.50. The lowest BCUT2D eigenvalue weighted by Gasteiger charge is -2.19. The lowest BCUT2D eigenvalue weighted by molar-refractivity contribution is -0.138. The normalized spacial score (nSPS) is 10.3. The number of aryl methyl sites for hydroxylation is 2. The van der Waals surface area contributed by atoms with Gasteiger partial charge in [0.25, 0.3) is 0 Å². The van der Waals surface area contributed by atoms with Gasteiger partial charge in [0.15, 0.2) is 0 Å². The molecule has 20 heavy (non-hydrogen) atoms. The Bertz CT molecular complexity index is 440. The van der Waals surface area contributed by atoms with E-state index < -0.39 is 5.97 Å². The molecule has 1 amide bonds. The first-order valence-electron chi connectivity index (χ1n) is 7.14. The summed E-state index contributed by atoms with van der Waals surface area (Å²) in [5.74, 6) is -0.847. The molecule has 0 fully saturated rings. The highest BCUT2D eigenvalue weighted by molar-refractivity contribution is 5.77. The minimum atomic E-state index is -0.869. The minimum absolute atomic E-state index is 0.00474. The summed E-state index contributed by atoms with van der Waals surface area (Å²) in [5, 5.41) is 8.66. The van der Waals surface area contributed by atoms with Gasteiger partial charge in [-0.25, -0.2) is 0 Å². The lowest BCUT2D eigenvalue weighted by atomic mass is 10.1. The highest BCUT2D eigenvalue weighted by Crippen LogP contribution is 2.08. The van der Waals surface area contributed by atoms with Crippen molar-refractivity contribution >= 4 is 11.9 Å².